The van der Waals surface area contributed by atoms with Gasteiger partial charge in [0.1, 0.15) is 5.82 Å². The Bertz CT molecular complexity index is 624. The van der Waals surface area contributed by atoms with Gasteiger partial charge >= 0.3 is 0 Å². The Morgan fingerprint density at radius 2 is 2.17 bits per heavy atom. The van der Waals surface area contributed by atoms with Gasteiger partial charge in [0.05, 0.1) is 11.6 Å². The minimum absolute atomic E-state index is 0.128. The molecule has 0 spiro atoms. The largest absolute Gasteiger partial charge is 0.388 e. The first kappa shape index (κ1) is 15.8. The first-order valence-corrected chi connectivity index (χ1v) is 9.13. The SMILES string of the molecule is C[C@@]1(O)CCC[C@H]1N1CC=Cc2cnc(NC3CCNCC3)nc21. The summed E-state index contributed by atoms with van der Waals surface area (Å²) in [4.78, 5) is 11.6. The fraction of sp³-hybridized carbons (Fsp3) is 0.667. The number of rotatable bonds is 3. The average Bonchev–Trinajstić information content (AvgIpc) is 2.94. The van der Waals surface area contributed by atoms with Crippen LogP contribution in [-0.2, 0) is 0 Å². The summed E-state index contributed by atoms with van der Waals surface area (Å²) >= 11 is 0. The summed E-state index contributed by atoms with van der Waals surface area (Å²) < 4.78 is 0. The molecule has 3 N–H and O–H groups in total. The second kappa shape index (κ2) is 6.33. The van der Waals surface area contributed by atoms with Gasteiger partial charge < -0.3 is 20.6 Å². The Morgan fingerprint density at radius 3 is 2.92 bits per heavy atom. The summed E-state index contributed by atoms with van der Waals surface area (Å²) in [5, 5.41) is 17.6. The number of anilines is 2. The predicted octanol–water partition coefficient (Wildman–Crippen LogP) is 1.78. The summed E-state index contributed by atoms with van der Waals surface area (Å²) in [6.07, 6.45) is 11.3. The number of fused-ring (bicyclic) bond motifs is 1. The van der Waals surface area contributed by atoms with Gasteiger partial charge in [-0.1, -0.05) is 12.2 Å². The normalized spacial score (nSPS) is 30.4. The van der Waals surface area contributed by atoms with Crippen LogP contribution in [0, 0.1) is 0 Å². The van der Waals surface area contributed by atoms with Gasteiger partial charge in [-0.05, 0) is 52.1 Å². The van der Waals surface area contributed by atoms with Crippen LogP contribution in [0.5, 0.6) is 0 Å². The Balaban J connectivity index is 1.58. The topological polar surface area (TPSA) is 73.3 Å². The summed E-state index contributed by atoms with van der Waals surface area (Å²) in [5.41, 5.74) is 0.399. The van der Waals surface area contributed by atoms with Gasteiger partial charge in [0.15, 0.2) is 0 Å². The molecule has 1 aromatic rings. The lowest BCUT2D eigenvalue weighted by Gasteiger charge is -2.38. The molecule has 1 saturated carbocycles. The number of piperidine rings is 1. The monoisotopic (exact) mass is 329 g/mol. The molecule has 2 fully saturated rings. The number of aliphatic hydroxyl groups is 1. The van der Waals surface area contributed by atoms with E-state index in [1.165, 1.54) is 0 Å². The minimum atomic E-state index is -0.643. The highest BCUT2D eigenvalue weighted by molar-refractivity contribution is 5.69. The summed E-state index contributed by atoms with van der Waals surface area (Å²) in [7, 11) is 0. The van der Waals surface area contributed by atoms with Gasteiger partial charge in [0, 0.05) is 24.3 Å². The smallest absolute Gasteiger partial charge is 0.224 e. The van der Waals surface area contributed by atoms with Crippen molar-refractivity contribution in [1.29, 1.82) is 0 Å². The molecule has 3 heterocycles. The molecule has 2 atom stereocenters. The van der Waals surface area contributed by atoms with Crippen molar-refractivity contribution < 1.29 is 5.11 Å². The van der Waals surface area contributed by atoms with E-state index in [9.17, 15) is 5.11 Å². The molecule has 6 heteroatoms. The van der Waals surface area contributed by atoms with Crippen molar-refractivity contribution in [2.45, 2.75) is 56.7 Å². The van der Waals surface area contributed by atoms with Crippen LogP contribution in [0.3, 0.4) is 0 Å². The first-order chi connectivity index (χ1) is 11.6. The molecule has 6 nitrogen and oxygen atoms in total. The molecule has 1 aromatic heterocycles. The van der Waals surface area contributed by atoms with E-state index in [2.05, 4.69) is 32.7 Å². The number of aromatic nitrogens is 2. The standard InChI is InChI=1S/C18H27N5O/c1-18(24)8-2-5-15(18)23-11-3-4-13-12-20-17(22-16(13)23)21-14-6-9-19-10-7-14/h3-4,12,14-15,19,24H,2,5-11H2,1H3,(H,20,21,22)/t15-,18-/m1/s1. The van der Waals surface area contributed by atoms with E-state index in [0.717, 1.165) is 63.1 Å². The van der Waals surface area contributed by atoms with Crippen molar-refractivity contribution in [1.82, 2.24) is 15.3 Å². The summed E-state index contributed by atoms with van der Waals surface area (Å²) in [5.74, 6) is 1.66. The Labute approximate surface area is 143 Å². The average molecular weight is 329 g/mol. The van der Waals surface area contributed by atoms with Crippen molar-refractivity contribution in [2.24, 2.45) is 0 Å². The molecular weight excluding hydrogens is 302 g/mol. The van der Waals surface area contributed by atoms with E-state index >= 15 is 0 Å². The van der Waals surface area contributed by atoms with Crippen molar-refractivity contribution >= 4 is 17.8 Å². The highest BCUT2D eigenvalue weighted by atomic mass is 16.3. The van der Waals surface area contributed by atoms with Crippen LogP contribution in [0.25, 0.3) is 6.08 Å². The van der Waals surface area contributed by atoms with Crippen LogP contribution >= 0.6 is 0 Å². The van der Waals surface area contributed by atoms with Crippen molar-refractivity contribution in [3.8, 4) is 0 Å². The molecule has 130 valence electrons. The fourth-order valence-corrected chi connectivity index (χ4v) is 4.23. The Kier molecular flexibility index (Phi) is 4.18. The van der Waals surface area contributed by atoms with Gasteiger partial charge in [0.25, 0.3) is 0 Å². The zero-order valence-corrected chi connectivity index (χ0v) is 14.3. The van der Waals surface area contributed by atoms with Crippen molar-refractivity contribution in [3.05, 3.63) is 17.8 Å². The highest BCUT2D eigenvalue weighted by Crippen LogP contribution is 2.38. The maximum atomic E-state index is 10.7. The molecule has 0 aromatic carbocycles. The lowest BCUT2D eigenvalue weighted by atomic mass is 9.97. The molecule has 0 bridgehead atoms. The minimum Gasteiger partial charge on any atom is -0.388 e. The lowest BCUT2D eigenvalue weighted by Crippen LogP contribution is -2.49. The number of hydrogen-bond donors (Lipinski definition) is 3. The Morgan fingerprint density at radius 1 is 1.33 bits per heavy atom. The van der Waals surface area contributed by atoms with E-state index in [4.69, 9.17) is 4.98 Å². The zero-order chi connectivity index (χ0) is 16.6. The third kappa shape index (κ3) is 3.00. The van der Waals surface area contributed by atoms with Crippen molar-refractivity contribution in [3.63, 3.8) is 0 Å². The Hall–Kier alpha value is -1.66. The molecule has 3 aliphatic rings. The maximum Gasteiger partial charge on any atom is 0.224 e. The fourth-order valence-electron chi connectivity index (χ4n) is 4.23. The van der Waals surface area contributed by atoms with Crippen LogP contribution in [0.2, 0.25) is 0 Å². The van der Waals surface area contributed by atoms with E-state index in [0.29, 0.717) is 12.0 Å². The highest BCUT2D eigenvalue weighted by Gasteiger charge is 2.41. The lowest BCUT2D eigenvalue weighted by molar-refractivity contribution is 0.0492. The third-order valence-electron chi connectivity index (χ3n) is 5.59. The molecule has 0 radical (unpaired) electrons. The zero-order valence-electron chi connectivity index (χ0n) is 14.3. The van der Waals surface area contributed by atoms with E-state index < -0.39 is 5.60 Å². The summed E-state index contributed by atoms with van der Waals surface area (Å²) in [6, 6.07) is 0.564. The number of nitrogens with zero attached hydrogens (tertiary/aromatic N) is 3. The maximum absolute atomic E-state index is 10.7. The predicted molar refractivity (Wildman–Crippen MR) is 96.2 cm³/mol. The molecule has 24 heavy (non-hydrogen) atoms. The second-order valence-corrected chi connectivity index (χ2v) is 7.46. The van der Waals surface area contributed by atoms with Crippen LogP contribution in [0.1, 0.15) is 44.6 Å². The molecule has 2 aliphatic heterocycles. The number of hydrogen-bond acceptors (Lipinski definition) is 6. The molecule has 0 unspecified atom stereocenters. The van der Waals surface area contributed by atoms with Gasteiger partial charge in [-0.3, -0.25) is 0 Å². The van der Waals surface area contributed by atoms with Gasteiger partial charge in [-0.15, -0.1) is 0 Å². The van der Waals surface area contributed by atoms with Crippen LogP contribution in [0.4, 0.5) is 11.8 Å². The van der Waals surface area contributed by atoms with Gasteiger partial charge in [-0.25, -0.2) is 4.98 Å². The molecular formula is C18H27N5O. The van der Waals surface area contributed by atoms with Gasteiger partial charge in [0.2, 0.25) is 5.95 Å². The first-order valence-electron chi connectivity index (χ1n) is 9.13. The van der Waals surface area contributed by atoms with E-state index in [1.807, 2.05) is 13.1 Å². The summed E-state index contributed by atoms with van der Waals surface area (Å²) in [6.45, 7) is 4.85. The van der Waals surface area contributed by atoms with Crippen molar-refractivity contribution in [2.75, 3.05) is 29.9 Å². The third-order valence-corrected chi connectivity index (χ3v) is 5.59. The van der Waals surface area contributed by atoms with E-state index in [1.54, 1.807) is 0 Å². The molecule has 1 aliphatic carbocycles. The van der Waals surface area contributed by atoms with Crippen LogP contribution in [0.15, 0.2) is 12.3 Å². The molecule has 1 saturated heterocycles. The molecule has 4 rings (SSSR count). The van der Waals surface area contributed by atoms with Crippen LogP contribution < -0.4 is 15.5 Å². The second-order valence-electron chi connectivity index (χ2n) is 7.46. The van der Waals surface area contributed by atoms with E-state index in [-0.39, 0.29) is 6.04 Å². The number of nitrogens with one attached hydrogen (secondary N) is 2. The molecule has 0 amide bonds. The quantitative estimate of drug-likeness (QED) is 0.785. The van der Waals surface area contributed by atoms with Gasteiger partial charge in [-0.2, -0.15) is 4.98 Å². The van der Waals surface area contributed by atoms with Crippen LogP contribution in [-0.4, -0.2) is 52.4 Å².